The first-order valence-corrected chi connectivity index (χ1v) is 9.19. The molecule has 0 saturated heterocycles. The third-order valence-corrected chi connectivity index (χ3v) is 3.49. The standard InChI is InChI=1S/C11H25O4P3/c1-5-8(14-16)6-9(15-18-17)7-10(12)13-11(2,3)4/h8-9,18H,5-7,16-17H2,1-4H3/t8-,9-/m1/s1. The van der Waals surface area contributed by atoms with E-state index < -0.39 is 5.60 Å². The summed E-state index contributed by atoms with van der Waals surface area (Å²) >= 11 is 0. The second-order valence-corrected chi connectivity index (χ2v) is 6.50. The average Bonchev–Trinajstić information content (AvgIpc) is 2.23. The molecule has 5 atom stereocenters. The lowest BCUT2D eigenvalue weighted by molar-refractivity contribution is -0.156. The maximum atomic E-state index is 11.8. The van der Waals surface area contributed by atoms with Gasteiger partial charge in [-0.1, -0.05) is 15.9 Å². The Morgan fingerprint density at radius 3 is 2.33 bits per heavy atom. The average molecular weight is 314 g/mol. The summed E-state index contributed by atoms with van der Waals surface area (Å²) in [5.41, 5.74) is -0.452. The molecule has 0 aromatic heterocycles. The minimum atomic E-state index is -0.452. The van der Waals surface area contributed by atoms with Crippen molar-refractivity contribution in [3.63, 3.8) is 0 Å². The summed E-state index contributed by atoms with van der Waals surface area (Å²) in [5, 5.41) is 0. The number of esters is 1. The van der Waals surface area contributed by atoms with Gasteiger partial charge in [-0.25, -0.2) is 0 Å². The van der Waals surface area contributed by atoms with Crippen LogP contribution in [-0.4, -0.2) is 23.8 Å². The highest BCUT2D eigenvalue weighted by Crippen LogP contribution is 2.28. The molecule has 4 nitrogen and oxygen atoms in total. The highest BCUT2D eigenvalue weighted by Gasteiger charge is 2.23. The van der Waals surface area contributed by atoms with Crippen LogP contribution in [-0.2, 0) is 18.6 Å². The van der Waals surface area contributed by atoms with E-state index in [1.54, 1.807) is 0 Å². The molecular formula is C11H25O4P3. The quantitative estimate of drug-likeness (QED) is 0.508. The Morgan fingerprint density at radius 1 is 1.33 bits per heavy atom. The molecule has 0 aliphatic heterocycles. The van der Waals surface area contributed by atoms with Crippen LogP contribution in [0.5, 0.6) is 0 Å². The van der Waals surface area contributed by atoms with Crippen molar-refractivity contribution in [2.45, 2.75) is 64.8 Å². The van der Waals surface area contributed by atoms with Crippen molar-refractivity contribution < 1.29 is 18.6 Å². The molecule has 0 rings (SSSR count). The Kier molecular flexibility index (Phi) is 9.92. The van der Waals surface area contributed by atoms with Gasteiger partial charge in [0.15, 0.2) is 0 Å². The summed E-state index contributed by atoms with van der Waals surface area (Å²) < 4.78 is 16.1. The van der Waals surface area contributed by atoms with Crippen molar-refractivity contribution in [1.82, 2.24) is 0 Å². The zero-order valence-electron chi connectivity index (χ0n) is 11.6. The third-order valence-electron chi connectivity index (χ3n) is 2.22. The zero-order valence-corrected chi connectivity index (χ0v) is 14.9. The summed E-state index contributed by atoms with van der Waals surface area (Å²) in [4.78, 5) is 11.8. The molecule has 0 aliphatic carbocycles. The summed E-state index contributed by atoms with van der Waals surface area (Å²) in [5.74, 6) is -0.227. The maximum Gasteiger partial charge on any atom is 0.308 e. The van der Waals surface area contributed by atoms with Gasteiger partial charge in [0.05, 0.1) is 18.6 Å². The number of rotatable bonds is 8. The first-order chi connectivity index (χ1) is 8.32. The van der Waals surface area contributed by atoms with Crippen molar-refractivity contribution in [2.24, 2.45) is 0 Å². The van der Waals surface area contributed by atoms with E-state index in [4.69, 9.17) is 13.8 Å². The van der Waals surface area contributed by atoms with Crippen LogP contribution < -0.4 is 0 Å². The van der Waals surface area contributed by atoms with Gasteiger partial charge in [-0.05, 0) is 27.2 Å². The monoisotopic (exact) mass is 314 g/mol. The lowest BCUT2D eigenvalue weighted by Gasteiger charge is -2.24. The minimum absolute atomic E-state index is 0.0868. The molecule has 0 fully saturated rings. The second kappa shape index (κ2) is 9.56. The van der Waals surface area contributed by atoms with E-state index in [2.05, 4.69) is 18.4 Å². The molecule has 0 amide bonds. The van der Waals surface area contributed by atoms with E-state index in [0.29, 0.717) is 6.42 Å². The normalized spacial score (nSPS) is 15.9. The smallest absolute Gasteiger partial charge is 0.308 e. The van der Waals surface area contributed by atoms with Gasteiger partial charge in [0.25, 0.3) is 0 Å². The molecule has 0 radical (unpaired) electrons. The summed E-state index contributed by atoms with van der Waals surface area (Å²) in [6.07, 6.45) is 1.78. The predicted molar refractivity (Wildman–Crippen MR) is 82.9 cm³/mol. The Morgan fingerprint density at radius 2 is 1.94 bits per heavy atom. The van der Waals surface area contributed by atoms with Gasteiger partial charge in [-0.2, -0.15) is 0 Å². The third kappa shape index (κ3) is 9.59. The number of ether oxygens (including phenoxy) is 1. The van der Waals surface area contributed by atoms with E-state index in [0.717, 1.165) is 6.42 Å². The molecule has 0 N–H and O–H groups in total. The number of carbonyl (C=O) groups excluding carboxylic acids is 1. The molecule has 0 bridgehead atoms. The first kappa shape index (κ1) is 18.7. The fraction of sp³-hybridized carbons (Fsp3) is 0.909. The van der Waals surface area contributed by atoms with Gasteiger partial charge < -0.3 is 13.8 Å². The minimum Gasteiger partial charge on any atom is -0.460 e. The molecule has 0 aliphatic rings. The summed E-state index contributed by atoms with van der Waals surface area (Å²) in [7, 11) is 5.06. The van der Waals surface area contributed by atoms with Gasteiger partial charge in [0, 0.05) is 24.4 Å². The molecule has 0 heterocycles. The van der Waals surface area contributed by atoms with Crippen molar-refractivity contribution in [2.75, 3.05) is 0 Å². The molecule has 7 heteroatoms. The van der Waals surface area contributed by atoms with Crippen LogP contribution in [0.3, 0.4) is 0 Å². The van der Waals surface area contributed by atoms with Crippen LogP contribution in [0, 0.1) is 0 Å². The Balaban J connectivity index is 4.29. The fourth-order valence-electron chi connectivity index (χ4n) is 1.45. The molecule has 18 heavy (non-hydrogen) atoms. The van der Waals surface area contributed by atoms with Gasteiger partial charge >= 0.3 is 5.97 Å². The van der Waals surface area contributed by atoms with Crippen LogP contribution in [0.1, 0.15) is 47.0 Å². The van der Waals surface area contributed by atoms with Crippen LogP contribution in [0.15, 0.2) is 0 Å². The van der Waals surface area contributed by atoms with Crippen molar-refractivity contribution in [1.29, 1.82) is 0 Å². The molecular weight excluding hydrogens is 289 g/mol. The number of hydrogen-bond acceptors (Lipinski definition) is 4. The van der Waals surface area contributed by atoms with Crippen LogP contribution in [0.25, 0.3) is 0 Å². The molecule has 0 aromatic rings. The summed E-state index contributed by atoms with van der Waals surface area (Å²) in [6.45, 7) is 7.62. The Labute approximate surface area is 117 Å². The van der Waals surface area contributed by atoms with E-state index in [9.17, 15) is 4.79 Å². The molecule has 0 aromatic carbocycles. The number of hydrogen-bond donors (Lipinski definition) is 0. The van der Waals surface area contributed by atoms with E-state index in [-0.39, 0.29) is 33.1 Å². The molecule has 3 unspecified atom stereocenters. The maximum absolute atomic E-state index is 11.8. The lowest BCUT2D eigenvalue weighted by Crippen LogP contribution is -2.28. The highest BCUT2D eigenvalue weighted by atomic mass is 32.0. The Bertz CT molecular complexity index is 239. The van der Waals surface area contributed by atoms with Crippen LogP contribution in [0.2, 0.25) is 0 Å². The Hall–Kier alpha value is 0.680. The largest absolute Gasteiger partial charge is 0.460 e. The topological polar surface area (TPSA) is 44.8 Å². The van der Waals surface area contributed by atoms with Crippen molar-refractivity contribution in [3.05, 3.63) is 0 Å². The van der Waals surface area contributed by atoms with Crippen molar-refractivity contribution >= 4 is 32.9 Å². The predicted octanol–water partition coefficient (Wildman–Crippen LogP) is 3.46. The SMILES string of the molecule is CC[C@H](C[C@H](CC(=O)OC(C)(C)C)OPP)OP. The van der Waals surface area contributed by atoms with Crippen molar-refractivity contribution in [3.8, 4) is 0 Å². The van der Waals surface area contributed by atoms with E-state index in [1.807, 2.05) is 27.7 Å². The molecule has 0 spiro atoms. The first-order valence-electron chi connectivity index (χ1n) is 6.01. The fourth-order valence-corrected chi connectivity index (χ4v) is 2.70. The van der Waals surface area contributed by atoms with E-state index >= 15 is 0 Å². The van der Waals surface area contributed by atoms with Gasteiger partial charge in [0.2, 0.25) is 0 Å². The number of carbonyl (C=O) groups is 1. The zero-order chi connectivity index (χ0) is 14.2. The van der Waals surface area contributed by atoms with E-state index in [1.165, 1.54) is 0 Å². The highest BCUT2D eigenvalue weighted by molar-refractivity contribution is 8.00. The summed E-state index contributed by atoms with van der Waals surface area (Å²) in [6, 6.07) is 0. The van der Waals surface area contributed by atoms with Crippen LogP contribution in [0.4, 0.5) is 0 Å². The van der Waals surface area contributed by atoms with Gasteiger partial charge in [0.1, 0.15) is 5.60 Å². The van der Waals surface area contributed by atoms with Gasteiger partial charge in [-0.15, -0.1) is 0 Å². The lowest BCUT2D eigenvalue weighted by atomic mass is 10.1. The second-order valence-electron chi connectivity index (χ2n) is 5.05. The van der Waals surface area contributed by atoms with Crippen LogP contribution >= 0.6 is 26.9 Å². The molecule has 108 valence electrons. The van der Waals surface area contributed by atoms with Gasteiger partial charge in [-0.3, -0.25) is 4.79 Å². The molecule has 0 saturated carbocycles.